The van der Waals surface area contributed by atoms with E-state index in [1.54, 1.807) is 6.07 Å². The number of sulfonamides is 1. The van der Waals surface area contributed by atoms with Crippen LogP contribution in [0, 0.1) is 11.3 Å². The topological polar surface area (TPSA) is 68.2 Å². The molecule has 1 aromatic carbocycles. The average molecular weight is 417 g/mol. The minimum atomic E-state index is -3.53. The maximum Gasteiger partial charge on any atom is 0.264 e. The van der Waals surface area contributed by atoms with Crippen molar-refractivity contribution in [1.29, 1.82) is 0 Å². The van der Waals surface area contributed by atoms with Crippen LogP contribution in [0.15, 0.2) is 24.4 Å². The molecule has 4 rings (SSSR count). The van der Waals surface area contributed by atoms with E-state index in [1.807, 2.05) is 19.2 Å². The van der Waals surface area contributed by atoms with Crippen LogP contribution in [0.3, 0.4) is 0 Å². The number of rotatable bonds is 4. The molecule has 0 bridgehead atoms. The number of hydrogen-bond donors (Lipinski definition) is 1. The number of nitrogens with one attached hydrogen (secondary N) is 1. The third-order valence-electron chi connectivity index (χ3n) is 6.87. The van der Waals surface area contributed by atoms with E-state index in [0.29, 0.717) is 29.7 Å². The highest BCUT2D eigenvalue weighted by Crippen LogP contribution is 2.44. The van der Waals surface area contributed by atoms with Gasteiger partial charge in [-0.25, -0.2) is 13.1 Å². The second kappa shape index (κ2) is 7.15. The fourth-order valence-corrected chi connectivity index (χ4v) is 6.10. The van der Waals surface area contributed by atoms with Crippen LogP contribution in [0.4, 0.5) is 0 Å². The monoisotopic (exact) mass is 416 g/mol. The summed E-state index contributed by atoms with van der Waals surface area (Å²) in [5, 5.41) is 0.772. The van der Waals surface area contributed by atoms with Crippen LogP contribution in [0.25, 0.3) is 10.9 Å². The van der Waals surface area contributed by atoms with E-state index in [9.17, 15) is 13.2 Å². The lowest BCUT2D eigenvalue weighted by Gasteiger charge is -2.37. The van der Waals surface area contributed by atoms with Crippen LogP contribution >= 0.6 is 0 Å². The smallest absolute Gasteiger partial charge is 0.264 e. The second-order valence-corrected chi connectivity index (χ2v) is 12.0. The molecule has 29 heavy (non-hydrogen) atoms. The first-order chi connectivity index (χ1) is 13.6. The van der Waals surface area contributed by atoms with Crippen molar-refractivity contribution in [3.63, 3.8) is 0 Å². The van der Waals surface area contributed by atoms with Crippen molar-refractivity contribution in [1.82, 2.24) is 9.29 Å². The Morgan fingerprint density at radius 1 is 1.07 bits per heavy atom. The first kappa shape index (κ1) is 20.5. The molecule has 5 nitrogen and oxygen atoms in total. The van der Waals surface area contributed by atoms with Gasteiger partial charge in [-0.05, 0) is 73.5 Å². The fraction of sp³-hybridized carbons (Fsp3) is 0.609. The van der Waals surface area contributed by atoms with E-state index in [-0.39, 0.29) is 0 Å². The van der Waals surface area contributed by atoms with Gasteiger partial charge < -0.3 is 4.57 Å². The van der Waals surface area contributed by atoms with Crippen molar-refractivity contribution in [2.45, 2.75) is 70.5 Å². The molecule has 0 spiro atoms. The maximum absolute atomic E-state index is 12.5. The molecule has 2 saturated carbocycles. The van der Waals surface area contributed by atoms with Crippen LogP contribution in [-0.2, 0) is 17.1 Å². The van der Waals surface area contributed by atoms with Crippen LogP contribution in [-0.4, -0.2) is 24.1 Å². The van der Waals surface area contributed by atoms with Gasteiger partial charge in [-0.15, -0.1) is 0 Å². The highest BCUT2D eigenvalue weighted by molar-refractivity contribution is 7.91. The molecule has 1 heterocycles. The third kappa shape index (κ3) is 4.09. The summed E-state index contributed by atoms with van der Waals surface area (Å²) in [5.41, 5.74) is 3.10. The molecule has 2 aromatic rings. The van der Waals surface area contributed by atoms with Gasteiger partial charge in [0.25, 0.3) is 5.91 Å². The molecular formula is C23H32N2O3S. The number of nitrogens with zero attached hydrogens (tertiary/aromatic N) is 1. The zero-order valence-electron chi connectivity index (χ0n) is 17.9. The first-order valence-electron chi connectivity index (χ1n) is 10.7. The third-order valence-corrected chi connectivity index (χ3v) is 8.69. The lowest BCUT2D eigenvalue weighted by molar-refractivity contribution is 0.0981. The lowest BCUT2D eigenvalue weighted by Crippen LogP contribution is -2.33. The Kier molecular flexibility index (Phi) is 5.04. The normalized spacial score (nSPS) is 23.3. The quantitative estimate of drug-likeness (QED) is 0.784. The van der Waals surface area contributed by atoms with E-state index in [1.165, 1.54) is 36.6 Å². The molecule has 0 aliphatic heterocycles. The minimum Gasteiger partial charge on any atom is -0.350 e. The van der Waals surface area contributed by atoms with Crippen LogP contribution in [0.2, 0.25) is 0 Å². The predicted molar refractivity (Wildman–Crippen MR) is 116 cm³/mol. The number of amides is 1. The van der Waals surface area contributed by atoms with Crippen LogP contribution < -0.4 is 4.72 Å². The fourth-order valence-electron chi connectivity index (χ4n) is 4.80. The number of aromatic nitrogens is 1. The summed E-state index contributed by atoms with van der Waals surface area (Å²) in [7, 11) is -1.54. The number of carbonyl (C=O) groups excluding carboxylic acids is 1. The first-order valence-corrected chi connectivity index (χ1v) is 12.3. The number of benzene rings is 1. The molecule has 2 aliphatic carbocycles. The Bertz CT molecular complexity index is 1030. The van der Waals surface area contributed by atoms with Gasteiger partial charge >= 0.3 is 0 Å². The largest absolute Gasteiger partial charge is 0.350 e. The molecule has 158 valence electrons. The van der Waals surface area contributed by atoms with E-state index in [0.717, 1.165) is 11.4 Å². The predicted octanol–water partition coefficient (Wildman–Crippen LogP) is 4.72. The Morgan fingerprint density at radius 3 is 2.31 bits per heavy atom. The maximum atomic E-state index is 12.5. The van der Waals surface area contributed by atoms with E-state index in [4.69, 9.17) is 0 Å². The number of carbonyl (C=O) groups is 1. The van der Waals surface area contributed by atoms with Gasteiger partial charge in [0.2, 0.25) is 10.0 Å². The van der Waals surface area contributed by atoms with Crippen molar-refractivity contribution >= 4 is 26.8 Å². The van der Waals surface area contributed by atoms with E-state index >= 15 is 0 Å². The molecule has 0 atom stereocenters. The number of fused-ring (bicyclic) bond motifs is 1. The number of aryl methyl sites for hydroxylation is 1. The summed E-state index contributed by atoms with van der Waals surface area (Å²) < 4.78 is 28.4. The van der Waals surface area contributed by atoms with Crippen molar-refractivity contribution in [2.24, 2.45) is 18.4 Å². The summed E-state index contributed by atoms with van der Waals surface area (Å²) in [6, 6.07) is 5.56. The van der Waals surface area contributed by atoms with Gasteiger partial charge in [0.15, 0.2) is 0 Å². The summed E-state index contributed by atoms with van der Waals surface area (Å²) in [6.45, 7) is 7.02. The van der Waals surface area contributed by atoms with Crippen LogP contribution in [0.5, 0.6) is 0 Å². The molecule has 6 heteroatoms. The van der Waals surface area contributed by atoms with Gasteiger partial charge in [-0.1, -0.05) is 26.8 Å². The Morgan fingerprint density at radius 2 is 1.72 bits per heavy atom. The van der Waals surface area contributed by atoms with E-state index < -0.39 is 21.2 Å². The van der Waals surface area contributed by atoms with Crippen LogP contribution in [0.1, 0.15) is 81.1 Å². The lowest BCUT2D eigenvalue weighted by atomic mass is 9.68. The van der Waals surface area contributed by atoms with Crippen molar-refractivity contribution in [3.8, 4) is 0 Å². The van der Waals surface area contributed by atoms with Crippen molar-refractivity contribution in [3.05, 3.63) is 35.5 Å². The highest BCUT2D eigenvalue weighted by atomic mass is 32.2. The number of hydrogen-bond acceptors (Lipinski definition) is 3. The molecule has 1 N–H and O–H groups in total. The van der Waals surface area contributed by atoms with Gasteiger partial charge in [0.05, 0.1) is 5.25 Å². The van der Waals surface area contributed by atoms with Gasteiger partial charge in [0.1, 0.15) is 0 Å². The van der Waals surface area contributed by atoms with Gasteiger partial charge in [-0.2, -0.15) is 0 Å². The van der Waals surface area contributed by atoms with E-state index in [2.05, 4.69) is 36.3 Å². The summed E-state index contributed by atoms with van der Waals surface area (Å²) in [4.78, 5) is 12.5. The van der Waals surface area contributed by atoms with Crippen molar-refractivity contribution in [2.75, 3.05) is 0 Å². The Labute approximate surface area is 173 Å². The molecule has 1 amide bonds. The molecule has 0 unspecified atom stereocenters. The zero-order chi connectivity index (χ0) is 21.0. The van der Waals surface area contributed by atoms with Crippen molar-refractivity contribution < 1.29 is 13.2 Å². The highest BCUT2D eigenvalue weighted by Gasteiger charge is 2.37. The molecule has 0 radical (unpaired) electrons. The standard InChI is InChI=1S/C23H32N2O3S/c1-23(2,3)17-8-5-15(6-9-17)20-14-25(4)21-13-16(7-12-19(20)21)22(26)24-29(27,28)18-10-11-18/h7,12-15,17-18H,5-6,8-11H2,1-4H3,(H,24,26). The molecular weight excluding hydrogens is 384 g/mol. The molecule has 0 saturated heterocycles. The second-order valence-electron chi connectivity index (χ2n) is 10.0. The molecule has 2 fully saturated rings. The summed E-state index contributed by atoms with van der Waals surface area (Å²) >= 11 is 0. The molecule has 2 aliphatic rings. The molecule has 1 aromatic heterocycles. The SMILES string of the molecule is Cn1cc(C2CCC(C(C)(C)C)CC2)c2ccc(C(=O)NS(=O)(=O)C3CC3)cc21. The summed E-state index contributed by atoms with van der Waals surface area (Å²) in [6.07, 6.45) is 8.37. The van der Waals surface area contributed by atoms with Gasteiger partial charge in [0, 0.05) is 29.7 Å². The minimum absolute atomic E-state index is 0.368. The van der Waals surface area contributed by atoms with Gasteiger partial charge in [-0.3, -0.25) is 4.79 Å². The Hall–Kier alpha value is -1.82. The Balaban J connectivity index is 1.55. The average Bonchev–Trinajstić information content (AvgIpc) is 3.46. The zero-order valence-corrected chi connectivity index (χ0v) is 18.7. The summed E-state index contributed by atoms with van der Waals surface area (Å²) in [5.74, 6) is 0.789.